The van der Waals surface area contributed by atoms with Gasteiger partial charge in [0.25, 0.3) is 0 Å². The lowest BCUT2D eigenvalue weighted by atomic mass is 9.76. The highest BCUT2D eigenvalue weighted by atomic mass is 16.5. The second kappa shape index (κ2) is 9.66. The van der Waals surface area contributed by atoms with Crippen molar-refractivity contribution in [2.75, 3.05) is 14.2 Å². The average Bonchev–Trinajstić information content (AvgIpc) is 2.66. The number of methoxy groups -OCH3 is 2. The molecular formula is C24H34O2. The highest BCUT2D eigenvalue weighted by Gasteiger charge is 2.23. The van der Waals surface area contributed by atoms with Gasteiger partial charge in [0, 0.05) is 0 Å². The van der Waals surface area contributed by atoms with E-state index in [1.807, 2.05) is 12.1 Å². The van der Waals surface area contributed by atoms with Gasteiger partial charge in [0.2, 0.25) is 0 Å². The Morgan fingerprint density at radius 1 is 1.19 bits per heavy atom. The topological polar surface area (TPSA) is 18.5 Å². The van der Waals surface area contributed by atoms with Gasteiger partial charge in [-0.15, -0.1) is 6.58 Å². The van der Waals surface area contributed by atoms with Crippen LogP contribution in [0.1, 0.15) is 57.9 Å². The molecule has 142 valence electrons. The fourth-order valence-electron chi connectivity index (χ4n) is 4.11. The molecule has 0 heterocycles. The molecule has 2 rings (SSSR count). The van der Waals surface area contributed by atoms with Gasteiger partial charge in [-0.3, -0.25) is 0 Å². The second-order valence-corrected chi connectivity index (χ2v) is 7.42. The summed E-state index contributed by atoms with van der Waals surface area (Å²) in [6.07, 6.45) is 11.2. The molecule has 0 saturated heterocycles. The van der Waals surface area contributed by atoms with Gasteiger partial charge in [-0.25, -0.2) is 0 Å². The maximum atomic E-state index is 5.50. The molecule has 2 unspecified atom stereocenters. The Balaban J connectivity index is 2.21. The van der Waals surface area contributed by atoms with Crippen LogP contribution in [-0.2, 0) is 0 Å². The molecule has 0 radical (unpaired) electrons. The molecule has 0 spiro atoms. The highest BCUT2D eigenvalue weighted by Crippen LogP contribution is 2.39. The van der Waals surface area contributed by atoms with Crippen LogP contribution in [0.3, 0.4) is 0 Å². The van der Waals surface area contributed by atoms with Crippen molar-refractivity contribution < 1.29 is 9.47 Å². The third-order valence-corrected chi connectivity index (χ3v) is 5.64. The van der Waals surface area contributed by atoms with Crippen molar-refractivity contribution >= 4 is 0 Å². The van der Waals surface area contributed by atoms with Crippen LogP contribution in [0.4, 0.5) is 0 Å². The third-order valence-electron chi connectivity index (χ3n) is 5.64. The standard InChI is InChI=1S/C24H34O2/c1-7-9-20(21-11-13-23(25-5)24(16-21)26-6)15-18(4)22-12-10-19(8-2)14-17(22)3/h7,10-13,16-18,20H,1,8-9,14-15H2,2-6H3/t17?,18?,20-/m0/s1. The minimum absolute atomic E-state index is 0.437. The fraction of sp³-hybridized carbons (Fsp3) is 0.500. The van der Waals surface area contributed by atoms with Crippen LogP contribution in [-0.4, -0.2) is 14.2 Å². The number of rotatable bonds is 9. The number of hydrogen-bond acceptors (Lipinski definition) is 2. The Morgan fingerprint density at radius 3 is 2.50 bits per heavy atom. The monoisotopic (exact) mass is 354 g/mol. The summed E-state index contributed by atoms with van der Waals surface area (Å²) < 4.78 is 10.9. The maximum Gasteiger partial charge on any atom is 0.160 e. The van der Waals surface area contributed by atoms with Gasteiger partial charge in [0.1, 0.15) is 0 Å². The lowest BCUT2D eigenvalue weighted by Gasteiger charge is -2.29. The van der Waals surface area contributed by atoms with Crippen molar-refractivity contribution in [2.24, 2.45) is 11.8 Å². The van der Waals surface area contributed by atoms with Gasteiger partial charge in [-0.1, -0.05) is 56.2 Å². The molecule has 0 fully saturated rings. The smallest absolute Gasteiger partial charge is 0.160 e. The van der Waals surface area contributed by atoms with Crippen LogP contribution in [0.2, 0.25) is 0 Å². The van der Waals surface area contributed by atoms with E-state index < -0.39 is 0 Å². The van der Waals surface area contributed by atoms with E-state index in [1.54, 1.807) is 25.4 Å². The fourth-order valence-corrected chi connectivity index (χ4v) is 4.11. The van der Waals surface area contributed by atoms with E-state index in [4.69, 9.17) is 9.47 Å². The molecule has 0 aromatic heterocycles. The SMILES string of the molecule is C=CC[C@@H](CC(C)C1=CC=C(CC)CC1C)c1ccc(OC)c(OC)c1. The molecule has 0 N–H and O–H groups in total. The van der Waals surface area contributed by atoms with E-state index >= 15 is 0 Å². The number of hydrogen-bond donors (Lipinski definition) is 0. The van der Waals surface area contributed by atoms with Crippen LogP contribution in [0.15, 0.2) is 54.2 Å². The van der Waals surface area contributed by atoms with Gasteiger partial charge >= 0.3 is 0 Å². The van der Waals surface area contributed by atoms with E-state index in [0.717, 1.165) is 30.8 Å². The summed E-state index contributed by atoms with van der Waals surface area (Å²) >= 11 is 0. The normalized spacial score (nSPS) is 19.2. The highest BCUT2D eigenvalue weighted by molar-refractivity contribution is 5.44. The number of allylic oxidation sites excluding steroid dienone is 5. The first kappa shape index (κ1) is 20.4. The summed E-state index contributed by atoms with van der Waals surface area (Å²) in [6.45, 7) is 11.0. The van der Waals surface area contributed by atoms with Crippen LogP contribution in [0, 0.1) is 11.8 Å². The van der Waals surface area contributed by atoms with Crippen molar-refractivity contribution in [1.29, 1.82) is 0 Å². The second-order valence-electron chi connectivity index (χ2n) is 7.42. The molecule has 1 aliphatic carbocycles. The van der Waals surface area contributed by atoms with Crippen molar-refractivity contribution in [3.63, 3.8) is 0 Å². The quantitative estimate of drug-likeness (QED) is 0.460. The van der Waals surface area contributed by atoms with E-state index in [9.17, 15) is 0 Å². The summed E-state index contributed by atoms with van der Waals surface area (Å²) in [5.41, 5.74) is 4.44. The molecule has 2 heteroatoms. The molecule has 26 heavy (non-hydrogen) atoms. The molecule has 0 saturated carbocycles. The van der Waals surface area contributed by atoms with Gasteiger partial charge in [-0.2, -0.15) is 0 Å². The number of benzene rings is 1. The molecule has 1 aromatic carbocycles. The van der Waals surface area contributed by atoms with E-state index in [0.29, 0.717) is 17.8 Å². The van der Waals surface area contributed by atoms with Crippen LogP contribution in [0.25, 0.3) is 0 Å². The van der Waals surface area contributed by atoms with Crippen LogP contribution in [0.5, 0.6) is 11.5 Å². The lowest BCUT2D eigenvalue weighted by molar-refractivity contribution is 0.353. The summed E-state index contributed by atoms with van der Waals surface area (Å²) in [7, 11) is 3.37. The summed E-state index contributed by atoms with van der Waals surface area (Å²) in [4.78, 5) is 0. The molecule has 2 nitrogen and oxygen atoms in total. The van der Waals surface area contributed by atoms with Gasteiger partial charge in [0.15, 0.2) is 11.5 Å². The lowest BCUT2D eigenvalue weighted by Crippen LogP contribution is -2.15. The third kappa shape index (κ3) is 4.81. The Bertz CT molecular complexity index is 669. The van der Waals surface area contributed by atoms with Gasteiger partial charge in [0.05, 0.1) is 14.2 Å². The van der Waals surface area contributed by atoms with E-state index in [-0.39, 0.29) is 0 Å². The molecule has 3 atom stereocenters. The first-order valence-electron chi connectivity index (χ1n) is 9.76. The predicted molar refractivity (Wildman–Crippen MR) is 111 cm³/mol. The van der Waals surface area contributed by atoms with Crippen molar-refractivity contribution in [1.82, 2.24) is 0 Å². The molecule has 0 amide bonds. The van der Waals surface area contributed by atoms with Crippen molar-refractivity contribution in [3.05, 3.63) is 59.7 Å². The Labute approximate surface area is 159 Å². The summed E-state index contributed by atoms with van der Waals surface area (Å²) in [5.74, 6) is 3.21. The van der Waals surface area contributed by atoms with Crippen LogP contribution < -0.4 is 9.47 Å². The first-order chi connectivity index (χ1) is 12.5. The predicted octanol–water partition coefficient (Wildman–Crippen LogP) is 6.69. The molecule has 0 aliphatic heterocycles. The number of ether oxygens (including phenoxy) is 2. The first-order valence-corrected chi connectivity index (χ1v) is 9.76. The van der Waals surface area contributed by atoms with Gasteiger partial charge < -0.3 is 9.47 Å². The largest absolute Gasteiger partial charge is 0.493 e. The molecule has 0 bridgehead atoms. The minimum Gasteiger partial charge on any atom is -0.493 e. The Hall–Kier alpha value is -1.96. The van der Waals surface area contributed by atoms with Crippen LogP contribution >= 0.6 is 0 Å². The summed E-state index contributed by atoms with van der Waals surface area (Å²) in [6, 6.07) is 6.29. The molecular weight excluding hydrogens is 320 g/mol. The van der Waals surface area contributed by atoms with Crippen molar-refractivity contribution in [2.45, 2.75) is 52.4 Å². The Morgan fingerprint density at radius 2 is 1.92 bits per heavy atom. The van der Waals surface area contributed by atoms with Crippen molar-refractivity contribution in [3.8, 4) is 11.5 Å². The summed E-state index contributed by atoms with van der Waals surface area (Å²) in [5, 5.41) is 0. The zero-order valence-electron chi connectivity index (χ0n) is 17.0. The molecule has 1 aliphatic rings. The zero-order chi connectivity index (χ0) is 19.1. The van der Waals surface area contributed by atoms with Gasteiger partial charge in [-0.05, 0) is 61.1 Å². The zero-order valence-corrected chi connectivity index (χ0v) is 17.0. The Kier molecular flexibility index (Phi) is 7.56. The maximum absolute atomic E-state index is 5.50. The van der Waals surface area contributed by atoms with E-state index in [2.05, 4.69) is 51.6 Å². The average molecular weight is 355 g/mol. The molecule has 1 aromatic rings. The minimum atomic E-state index is 0.437. The van der Waals surface area contributed by atoms with E-state index in [1.165, 1.54) is 12.0 Å².